The number of likely N-dealkylation sites (tertiary alicyclic amines) is 1. The van der Waals surface area contributed by atoms with Crippen molar-refractivity contribution < 1.29 is 23.7 Å². The van der Waals surface area contributed by atoms with Gasteiger partial charge in [-0.25, -0.2) is 0 Å². The third kappa shape index (κ3) is 3.28. The molecular formula is C17H23NO5. The zero-order chi connectivity index (χ0) is 16.2. The van der Waals surface area contributed by atoms with Gasteiger partial charge in [-0.15, -0.1) is 0 Å². The molecule has 0 radical (unpaired) electrons. The largest absolute Gasteiger partial charge is 0.493 e. The van der Waals surface area contributed by atoms with E-state index in [1.165, 1.54) is 0 Å². The number of carbonyl (C=O) groups is 1. The summed E-state index contributed by atoms with van der Waals surface area (Å²) < 4.78 is 21.8. The lowest BCUT2D eigenvalue weighted by Crippen LogP contribution is -2.50. The molecule has 6 heteroatoms. The predicted molar refractivity (Wildman–Crippen MR) is 83.9 cm³/mol. The van der Waals surface area contributed by atoms with Crippen LogP contribution in [0.2, 0.25) is 0 Å². The number of carbonyl (C=O) groups excluding carboxylic acids is 1. The Bertz CT molecular complexity index is 556. The molecule has 0 N–H and O–H groups in total. The maximum absolute atomic E-state index is 13.0. The molecular weight excluding hydrogens is 298 g/mol. The Morgan fingerprint density at radius 3 is 2.57 bits per heavy atom. The minimum atomic E-state index is -0.306. The summed E-state index contributed by atoms with van der Waals surface area (Å²) >= 11 is 0. The highest BCUT2D eigenvalue weighted by molar-refractivity contribution is 5.95. The number of piperidine rings is 1. The highest BCUT2D eigenvalue weighted by Gasteiger charge is 2.36. The van der Waals surface area contributed by atoms with Crippen LogP contribution in [-0.2, 0) is 9.47 Å². The van der Waals surface area contributed by atoms with Gasteiger partial charge in [0.05, 0.1) is 33.5 Å². The molecule has 6 nitrogen and oxygen atoms in total. The second kappa shape index (κ2) is 7.19. The summed E-state index contributed by atoms with van der Waals surface area (Å²) in [4.78, 5) is 14.8. The molecule has 2 saturated heterocycles. The van der Waals surface area contributed by atoms with Gasteiger partial charge in [0.15, 0.2) is 17.8 Å². The first-order chi connectivity index (χ1) is 11.2. The van der Waals surface area contributed by atoms with Gasteiger partial charge in [-0.3, -0.25) is 4.79 Å². The average molecular weight is 321 g/mol. The monoisotopic (exact) mass is 321 g/mol. The van der Waals surface area contributed by atoms with Crippen LogP contribution in [0.3, 0.4) is 0 Å². The lowest BCUT2D eigenvalue weighted by molar-refractivity contribution is -0.100. The first-order valence-electron chi connectivity index (χ1n) is 8.01. The summed E-state index contributed by atoms with van der Waals surface area (Å²) in [6, 6.07) is 5.23. The zero-order valence-electron chi connectivity index (χ0n) is 13.6. The van der Waals surface area contributed by atoms with Crippen molar-refractivity contribution in [2.24, 2.45) is 0 Å². The van der Waals surface area contributed by atoms with Crippen LogP contribution in [0.15, 0.2) is 18.2 Å². The molecule has 126 valence electrons. The van der Waals surface area contributed by atoms with Crippen molar-refractivity contribution in [1.82, 2.24) is 4.90 Å². The zero-order valence-corrected chi connectivity index (χ0v) is 13.6. The Morgan fingerprint density at radius 2 is 1.87 bits per heavy atom. The molecule has 3 rings (SSSR count). The van der Waals surface area contributed by atoms with Gasteiger partial charge in [0, 0.05) is 12.1 Å². The van der Waals surface area contributed by atoms with Gasteiger partial charge in [0.1, 0.15) is 0 Å². The van der Waals surface area contributed by atoms with Crippen LogP contribution in [0.1, 0.15) is 29.6 Å². The van der Waals surface area contributed by atoms with Crippen LogP contribution >= 0.6 is 0 Å². The third-order valence-electron chi connectivity index (χ3n) is 4.40. The Balaban J connectivity index is 1.82. The number of nitrogens with zero attached hydrogens (tertiary/aromatic N) is 1. The number of hydrogen-bond acceptors (Lipinski definition) is 5. The van der Waals surface area contributed by atoms with Crippen LogP contribution in [0.5, 0.6) is 11.5 Å². The Morgan fingerprint density at radius 1 is 1.13 bits per heavy atom. The molecule has 23 heavy (non-hydrogen) atoms. The fourth-order valence-corrected chi connectivity index (χ4v) is 3.23. The van der Waals surface area contributed by atoms with Crippen molar-refractivity contribution in [3.05, 3.63) is 23.8 Å². The van der Waals surface area contributed by atoms with Gasteiger partial charge in [-0.05, 0) is 37.5 Å². The van der Waals surface area contributed by atoms with Gasteiger partial charge in [-0.1, -0.05) is 0 Å². The van der Waals surface area contributed by atoms with Gasteiger partial charge in [0.2, 0.25) is 0 Å². The highest BCUT2D eigenvalue weighted by atomic mass is 16.7. The smallest absolute Gasteiger partial charge is 0.254 e. The van der Waals surface area contributed by atoms with Crippen molar-refractivity contribution in [2.75, 3.05) is 34.0 Å². The number of rotatable bonds is 4. The van der Waals surface area contributed by atoms with Gasteiger partial charge >= 0.3 is 0 Å². The van der Waals surface area contributed by atoms with Crippen LogP contribution in [0.4, 0.5) is 0 Å². The van der Waals surface area contributed by atoms with Gasteiger partial charge in [-0.2, -0.15) is 0 Å². The van der Waals surface area contributed by atoms with Crippen LogP contribution in [-0.4, -0.2) is 57.1 Å². The number of hydrogen-bond donors (Lipinski definition) is 0. The predicted octanol–water partition coefficient (Wildman–Crippen LogP) is 2.07. The SMILES string of the molecule is COc1ccc(C(=O)N2CCCC[C@H]2C2OCCO2)cc1OC. The summed E-state index contributed by atoms with van der Waals surface area (Å²) in [7, 11) is 3.14. The van der Waals surface area contributed by atoms with E-state index in [0.717, 1.165) is 25.8 Å². The lowest BCUT2D eigenvalue weighted by atomic mass is 10.00. The molecule has 0 unspecified atom stereocenters. The Kier molecular flexibility index (Phi) is 5.03. The van der Waals surface area contributed by atoms with E-state index in [9.17, 15) is 4.79 Å². The van der Waals surface area contributed by atoms with E-state index in [2.05, 4.69) is 0 Å². The molecule has 1 aromatic rings. The van der Waals surface area contributed by atoms with E-state index >= 15 is 0 Å². The van der Waals surface area contributed by atoms with E-state index < -0.39 is 0 Å². The maximum atomic E-state index is 13.0. The molecule has 1 atom stereocenters. The van der Waals surface area contributed by atoms with E-state index in [1.807, 2.05) is 4.90 Å². The molecule has 2 heterocycles. The molecule has 2 aliphatic heterocycles. The molecule has 0 saturated carbocycles. The van der Waals surface area contributed by atoms with E-state index in [4.69, 9.17) is 18.9 Å². The maximum Gasteiger partial charge on any atom is 0.254 e. The first-order valence-corrected chi connectivity index (χ1v) is 8.01. The van der Waals surface area contributed by atoms with Crippen molar-refractivity contribution >= 4 is 5.91 Å². The Hall–Kier alpha value is -1.79. The number of benzene rings is 1. The summed E-state index contributed by atoms with van der Waals surface area (Å²) in [6.07, 6.45) is 2.69. The molecule has 0 aromatic heterocycles. The first kappa shape index (κ1) is 16.1. The minimum Gasteiger partial charge on any atom is -0.493 e. The second-order valence-electron chi connectivity index (χ2n) is 5.74. The third-order valence-corrected chi connectivity index (χ3v) is 4.40. The quantitative estimate of drug-likeness (QED) is 0.850. The van der Waals surface area contributed by atoms with Crippen LogP contribution in [0.25, 0.3) is 0 Å². The molecule has 0 spiro atoms. The topological polar surface area (TPSA) is 57.2 Å². The fraction of sp³-hybridized carbons (Fsp3) is 0.588. The average Bonchev–Trinajstić information content (AvgIpc) is 3.15. The number of amides is 1. The Labute approximate surface area is 136 Å². The second-order valence-corrected chi connectivity index (χ2v) is 5.74. The number of ether oxygens (including phenoxy) is 4. The van der Waals surface area contributed by atoms with Crippen molar-refractivity contribution in [1.29, 1.82) is 0 Å². The normalized spacial score (nSPS) is 22.2. The standard InChI is InChI=1S/C17H23NO5/c1-20-14-7-6-12(11-15(14)21-2)16(19)18-8-4-3-5-13(18)17-22-9-10-23-17/h6-7,11,13,17H,3-5,8-10H2,1-2H3/t13-/m0/s1. The van der Waals surface area contributed by atoms with E-state index in [1.54, 1.807) is 32.4 Å². The summed E-state index contributed by atoms with van der Waals surface area (Å²) in [5.41, 5.74) is 0.590. The molecule has 0 aliphatic carbocycles. The van der Waals surface area contributed by atoms with Crippen LogP contribution < -0.4 is 9.47 Å². The summed E-state index contributed by atoms with van der Waals surface area (Å²) in [6.45, 7) is 1.92. The van der Waals surface area contributed by atoms with Crippen molar-refractivity contribution in [3.63, 3.8) is 0 Å². The molecule has 0 bridgehead atoms. The number of methoxy groups -OCH3 is 2. The summed E-state index contributed by atoms with van der Waals surface area (Å²) in [5.74, 6) is 1.15. The van der Waals surface area contributed by atoms with Crippen molar-refractivity contribution in [3.8, 4) is 11.5 Å². The molecule has 1 amide bonds. The molecule has 2 fully saturated rings. The summed E-state index contributed by atoms with van der Waals surface area (Å²) in [5, 5.41) is 0. The van der Waals surface area contributed by atoms with Gasteiger partial charge < -0.3 is 23.8 Å². The van der Waals surface area contributed by atoms with E-state index in [-0.39, 0.29) is 18.2 Å². The van der Waals surface area contributed by atoms with E-state index in [0.29, 0.717) is 30.3 Å². The fourth-order valence-electron chi connectivity index (χ4n) is 3.23. The van der Waals surface area contributed by atoms with Crippen molar-refractivity contribution in [2.45, 2.75) is 31.6 Å². The van der Waals surface area contributed by atoms with Crippen LogP contribution in [0, 0.1) is 0 Å². The minimum absolute atomic E-state index is 0.0187. The molecule has 1 aromatic carbocycles. The lowest BCUT2D eigenvalue weighted by Gasteiger charge is -2.38. The van der Waals surface area contributed by atoms with Gasteiger partial charge in [0.25, 0.3) is 5.91 Å². The molecule has 2 aliphatic rings. The highest BCUT2D eigenvalue weighted by Crippen LogP contribution is 2.30.